The van der Waals surface area contributed by atoms with Crippen LogP contribution in [0, 0.1) is 11.6 Å². The van der Waals surface area contributed by atoms with Gasteiger partial charge in [0.15, 0.2) is 5.75 Å². The number of aromatic nitrogens is 3. The number of benzene rings is 2. The van der Waals surface area contributed by atoms with Crippen molar-refractivity contribution in [1.82, 2.24) is 18.9 Å². The van der Waals surface area contributed by atoms with Gasteiger partial charge in [0.25, 0.3) is 0 Å². The van der Waals surface area contributed by atoms with Gasteiger partial charge in [0.1, 0.15) is 22.8 Å². The molecule has 3 aromatic heterocycles. The third-order valence-corrected chi connectivity index (χ3v) is 8.40. The van der Waals surface area contributed by atoms with Crippen LogP contribution < -0.4 is 10.1 Å². The molecule has 1 saturated heterocycles. The Morgan fingerprint density at radius 1 is 1.11 bits per heavy atom. The van der Waals surface area contributed by atoms with Crippen molar-refractivity contribution in [2.75, 3.05) is 31.6 Å². The molecule has 1 amide bonds. The van der Waals surface area contributed by atoms with E-state index < -0.39 is 40.8 Å². The van der Waals surface area contributed by atoms with Crippen molar-refractivity contribution in [1.29, 1.82) is 0 Å². The number of carbonyl (C=O) groups is 2. The number of ether oxygens (including phenoxy) is 1. The van der Waals surface area contributed by atoms with Crippen molar-refractivity contribution in [2.45, 2.75) is 19.0 Å². The first-order valence-corrected chi connectivity index (χ1v) is 14.6. The maximum atomic E-state index is 15.1. The molecule has 2 aliphatic heterocycles. The van der Waals surface area contributed by atoms with E-state index in [4.69, 9.17) is 4.74 Å². The summed E-state index contributed by atoms with van der Waals surface area (Å²) in [7, 11) is 1.59. The Labute approximate surface area is 258 Å². The first kappa shape index (κ1) is 29.7. The zero-order valence-electron chi connectivity index (χ0n) is 24.4. The van der Waals surface area contributed by atoms with Crippen LogP contribution in [0.3, 0.4) is 0 Å². The number of hydrogen-bond acceptors (Lipinski definition) is 5. The monoisotopic (exact) mass is 635 g/mol. The third kappa shape index (κ3) is 5.00. The molecule has 0 aliphatic carbocycles. The van der Waals surface area contributed by atoms with E-state index in [-0.39, 0.29) is 52.2 Å². The number of nitrogens with one attached hydrogen (secondary N) is 1. The van der Waals surface area contributed by atoms with E-state index in [0.29, 0.717) is 17.6 Å². The lowest BCUT2D eigenvalue weighted by Gasteiger charge is -2.29. The number of pyridine rings is 1. The van der Waals surface area contributed by atoms with Crippen LogP contribution in [0.4, 0.5) is 27.6 Å². The molecule has 0 saturated carbocycles. The second-order valence-electron chi connectivity index (χ2n) is 11.3. The molecule has 5 aromatic rings. The molecule has 2 aliphatic rings. The third-order valence-electron chi connectivity index (χ3n) is 8.40. The summed E-state index contributed by atoms with van der Waals surface area (Å²) in [6, 6.07) is 7.17. The van der Waals surface area contributed by atoms with Gasteiger partial charge in [-0.05, 0) is 55.4 Å². The minimum Gasteiger partial charge on any atom is -0.490 e. The highest BCUT2D eigenvalue weighted by Gasteiger charge is 2.38. The lowest BCUT2D eigenvalue weighted by molar-refractivity contribution is -0.137. The molecule has 7 rings (SSSR count). The fourth-order valence-corrected chi connectivity index (χ4v) is 6.05. The molecule has 8 nitrogen and oxygen atoms in total. The summed E-state index contributed by atoms with van der Waals surface area (Å²) in [6.07, 6.45) is 2.28. The van der Waals surface area contributed by atoms with Crippen molar-refractivity contribution in [3.05, 3.63) is 95.1 Å². The summed E-state index contributed by atoms with van der Waals surface area (Å²) in [4.78, 5) is 32.4. The Morgan fingerprint density at radius 2 is 1.87 bits per heavy atom. The molecule has 0 bridgehead atoms. The first-order chi connectivity index (χ1) is 22.0. The number of likely N-dealkylation sites (tertiary alicyclic amines) is 1. The van der Waals surface area contributed by atoms with Gasteiger partial charge in [0, 0.05) is 49.0 Å². The number of amides is 1. The maximum Gasteiger partial charge on any atom is 0.417 e. The Balaban J connectivity index is 1.29. The van der Waals surface area contributed by atoms with Crippen molar-refractivity contribution in [2.24, 2.45) is 7.05 Å². The van der Waals surface area contributed by atoms with E-state index >= 15 is 8.78 Å². The van der Waals surface area contributed by atoms with Crippen molar-refractivity contribution < 1.29 is 36.3 Å². The van der Waals surface area contributed by atoms with Gasteiger partial charge in [-0.25, -0.2) is 13.8 Å². The van der Waals surface area contributed by atoms with Gasteiger partial charge in [-0.15, -0.1) is 0 Å². The molecule has 5 heterocycles. The second kappa shape index (κ2) is 11.1. The highest BCUT2D eigenvalue weighted by atomic mass is 19.4. The average molecular weight is 636 g/mol. The summed E-state index contributed by atoms with van der Waals surface area (Å²) in [5, 5.41) is 2.18. The highest BCUT2D eigenvalue weighted by molar-refractivity contribution is 6.10. The SMILES string of the molecule is Cn1cnc2c3c(c(C(F)(F)F)cc21)-c1cccn2c(C(=O)c4cc(F)c(NC(=O)/C=C/CN5CCC5)c(F)c4)cc(c12)CCO3. The number of imidazole rings is 1. The number of carbonyl (C=O) groups excluding carboxylic acids is 2. The molecular formula is C33H26F5N5O3. The number of hydrogen-bond donors (Lipinski definition) is 1. The zero-order chi connectivity index (χ0) is 32.3. The number of anilines is 1. The molecule has 46 heavy (non-hydrogen) atoms. The Kier molecular flexibility index (Phi) is 7.15. The van der Waals surface area contributed by atoms with Crippen molar-refractivity contribution >= 4 is 33.9 Å². The number of rotatable bonds is 6. The number of ketones is 1. The van der Waals surface area contributed by atoms with Gasteiger partial charge in [-0.1, -0.05) is 12.1 Å². The van der Waals surface area contributed by atoms with Crippen LogP contribution in [0.2, 0.25) is 0 Å². The van der Waals surface area contributed by atoms with Crippen LogP contribution in [-0.4, -0.2) is 56.8 Å². The number of fused-ring (bicyclic) bond motifs is 4. The molecule has 0 radical (unpaired) electrons. The van der Waals surface area contributed by atoms with Crippen LogP contribution in [0.15, 0.2) is 61.1 Å². The fraction of sp³-hybridized carbons (Fsp3) is 0.242. The quantitative estimate of drug-likeness (QED) is 0.138. The summed E-state index contributed by atoms with van der Waals surface area (Å²) in [5.41, 5.74) is -0.631. The topological polar surface area (TPSA) is 80.9 Å². The minimum atomic E-state index is -4.75. The lowest BCUT2D eigenvalue weighted by atomic mass is 9.94. The summed E-state index contributed by atoms with van der Waals surface area (Å²) in [6.45, 7) is 2.39. The molecule has 0 unspecified atom stereocenters. The van der Waals surface area contributed by atoms with Gasteiger partial charge >= 0.3 is 6.18 Å². The van der Waals surface area contributed by atoms with Crippen LogP contribution in [-0.2, 0) is 24.4 Å². The van der Waals surface area contributed by atoms with Gasteiger partial charge < -0.3 is 19.0 Å². The predicted octanol–water partition coefficient (Wildman–Crippen LogP) is 6.16. The van der Waals surface area contributed by atoms with E-state index in [1.54, 1.807) is 13.1 Å². The van der Waals surface area contributed by atoms with Crippen molar-refractivity contribution in [3.8, 4) is 16.9 Å². The standard InChI is InChI=1S/C33H26F5N5O3/c1-41-17-39-29-24(41)16-21(33(36,37)38)27-20-5-2-11-43-25(15-18(30(20)43)7-12-46-32(27)29)31(45)19-13-22(34)28(23(35)14-19)40-26(44)6-3-8-42-9-4-10-42/h2-3,5-6,11,13-17H,4,7-10,12H2,1H3,(H,40,44)/b6-3+. The average Bonchev–Trinajstić information content (AvgIpc) is 3.54. The van der Waals surface area contributed by atoms with E-state index in [9.17, 15) is 22.8 Å². The molecule has 0 atom stereocenters. The molecule has 0 spiro atoms. The predicted molar refractivity (Wildman–Crippen MR) is 160 cm³/mol. The molecule has 13 heteroatoms. The lowest BCUT2D eigenvalue weighted by Crippen LogP contribution is -2.37. The fourth-order valence-electron chi connectivity index (χ4n) is 6.05. The smallest absolute Gasteiger partial charge is 0.417 e. The van der Waals surface area contributed by atoms with E-state index in [1.165, 1.54) is 45.8 Å². The number of halogens is 5. The molecule has 236 valence electrons. The van der Waals surface area contributed by atoms with Gasteiger partial charge in [0.2, 0.25) is 11.7 Å². The number of aryl methyl sites for hydroxylation is 1. The summed E-state index contributed by atoms with van der Waals surface area (Å²) in [5.74, 6) is -3.80. The minimum absolute atomic E-state index is 0.00714. The van der Waals surface area contributed by atoms with Crippen LogP contribution in [0.25, 0.3) is 27.7 Å². The Hall–Kier alpha value is -5.04. The van der Waals surface area contributed by atoms with Crippen LogP contribution >= 0.6 is 0 Å². The molecule has 1 N–H and O–H groups in total. The normalized spacial score (nSPS) is 15.0. The largest absolute Gasteiger partial charge is 0.490 e. The Morgan fingerprint density at radius 3 is 2.57 bits per heavy atom. The molecule has 2 aromatic carbocycles. The highest BCUT2D eigenvalue weighted by Crippen LogP contribution is 2.48. The van der Waals surface area contributed by atoms with Crippen LogP contribution in [0.1, 0.15) is 33.6 Å². The van der Waals surface area contributed by atoms with E-state index in [1.807, 2.05) is 0 Å². The van der Waals surface area contributed by atoms with E-state index in [0.717, 1.165) is 37.7 Å². The first-order valence-electron chi connectivity index (χ1n) is 14.6. The number of nitrogens with zero attached hydrogens (tertiary/aromatic N) is 4. The molecule has 1 fully saturated rings. The summed E-state index contributed by atoms with van der Waals surface area (Å²) >= 11 is 0. The molecular weight excluding hydrogens is 609 g/mol. The van der Waals surface area contributed by atoms with E-state index in [2.05, 4.69) is 15.2 Å². The van der Waals surface area contributed by atoms with Gasteiger partial charge in [-0.3, -0.25) is 14.5 Å². The number of alkyl halides is 3. The maximum absolute atomic E-state index is 15.1. The van der Waals surface area contributed by atoms with Gasteiger partial charge in [0.05, 0.1) is 35.2 Å². The zero-order valence-corrected chi connectivity index (χ0v) is 24.4. The van der Waals surface area contributed by atoms with Crippen molar-refractivity contribution in [3.63, 3.8) is 0 Å². The van der Waals surface area contributed by atoms with Gasteiger partial charge in [-0.2, -0.15) is 13.2 Å². The Bertz CT molecular complexity index is 2070. The summed E-state index contributed by atoms with van der Waals surface area (Å²) < 4.78 is 82.7. The van der Waals surface area contributed by atoms with Crippen LogP contribution in [0.5, 0.6) is 5.75 Å². The second-order valence-corrected chi connectivity index (χ2v) is 11.3.